The number of aliphatic imine (C=N–C) groups is 1. The van der Waals surface area contributed by atoms with Crippen LogP contribution in [-0.2, 0) is 11.3 Å². The molecule has 1 atom stereocenters. The van der Waals surface area contributed by atoms with Gasteiger partial charge in [0.1, 0.15) is 5.60 Å². The van der Waals surface area contributed by atoms with Crippen molar-refractivity contribution in [1.82, 2.24) is 25.1 Å². The Hall–Kier alpha value is -2.77. The van der Waals surface area contributed by atoms with Crippen LogP contribution < -0.4 is 10.6 Å². The van der Waals surface area contributed by atoms with E-state index in [0.29, 0.717) is 0 Å². The number of nitrogens with zero attached hydrogens (tertiary/aromatic N) is 4. The zero-order valence-electron chi connectivity index (χ0n) is 17.8. The molecule has 8 heteroatoms. The zero-order valence-corrected chi connectivity index (χ0v) is 17.8. The number of hydrogen-bond acceptors (Lipinski definition) is 4. The number of hydrogen-bond donors (Lipinski definition) is 2. The molecule has 1 fully saturated rings. The van der Waals surface area contributed by atoms with E-state index in [1.54, 1.807) is 7.05 Å². The third-order valence-electron chi connectivity index (χ3n) is 4.81. The minimum atomic E-state index is -0.486. The molecule has 8 nitrogen and oxygen atoms in total. The van der Waals surface area contributed by atoms with Gasteiger partial charge in [0.05, 0.1) is 23.4 Å². The SMILES string of the molecule is CN=C(NCCCn1cnc2ccccc21)N1CCC(NC(=O)OC(C)(C)C)C1. The largest absolute Gasteiger partial charge is 0.444 e. The Morgan fingerprint density at radius 1 is 1.34 bits per heavy atom. The van der Waals surface area contributed by atoms with Gasteiger partial charge in [0, 0.05) is 33.2 Å². The van der Waals surface area contributed by atoms with Crippen molar-refractivity contribution in [2.24, 2.45) is 4.99 Å². The predicted molar refractivity (Wildman–Crippen MR) is 115 cm³/mol. The van der Waals surface area contributed by atoms with Gasteiger partial charge in [0.15, 0.2) is 5.96 Å². The topological polar surface area (TPSA) is 83.8 Å². The number of aryl methyl sites for hydroxylation is 1. The summed E-state index contributed by atoms with van der Waals surface area (Å²) in [6.45, 7) is 8.90. The molecule has 0 aliphatic carbocycles. The highest BCUT2D eigenvalue weighted by molar-refractivity contribution is 5.80. The smallest absolute Gasteiger partial charge is 0.407 e. The number of alkyl carbamates (subject to hydrolysis) is 1. The number of carbonyl (C=O) groups excluding carboxylic acids is 1. The quantitative estimate of drug-likeness (QED) is 0.458. The van der Waals surface area contributed by atoms with Crippen LogP contribution in [-0.4, -0.2) is 64.8 Å². The summed E-state index contributed by atoms with van der Waals surface area (Å²) in [5, 5.41) is 6.38. The van der Waals surface area contributed by atoms with Gasteiger partial charge in [0.25, 0.3) is 0 Å². The lowest BCUT2D eigenvalue weighted by molar-refractivity contribution is 0.0507. The first kappa shape index (κ1) is 21.0. The summed E-state index contributed by atoms with van der Waals surface area (Å²) in [5.41, 5.74) is 1.70. The Morgan fingerprint density at radius 2 is 2.14 bits per heavy atom. The molecule has 2 aromatic rings. The van der Waals surface area contributed by atoms with Crippen LogP contribution in [0.2, 0.25) is 0 Å². The molecule has 1 aliphatic rings. The highest BCUT2D eigenvalue weighted by Gasteiger charge is 2.27. The molecule has 1 aliphatic heterocycles. The first-order chi connectivity index (χ1) is 13.9. The summed E-state index contributed by atoms with van der Waals surface area (Å²) in [7, 11) is 1.79. The monoisotopic (exact) mass is 400 g/mol. The fourth-order valence-corrected chi connectivity index (χ4v) is 3.52. The zero-order chi connectivity index (χ0) is 20.9. The summed E-state index contributed by atoms with van der Waals surface area (Å²) in [4.78, 5) is 23.0. The van der Waals surface area contributed by atoms with E-state index in [2.05, 4.69) is 36.1 Å². The van der Waals surface area contributed by atoms with Crippen molar-refractivity contribution >= 4 is 23.1 Å². The van der Waals surface area contributed by atoms with E-state index in [1.807, 2.05) is 45.3 Å². The molecule has 1 aromatic heterocycles. The van der Waals surface area contributed by atoms with Gasteiger partial charge in [0.2, 0.25) is 0 Å². The number of amides is 1. The maximum Gasteiger partial charge on any atom is 0.407 e. The molecular formula is C21H32N6O2. The Kier molecular flexibility index (Phi) is 6.61. The number of fused-ring (bicyclic) bond motifs is 1. The van der Waals surface area contributed by atoms with E-state index in [1.165, 1.54) is 0 Å². The van der Waals surface area contributed by atoms with Gasteiger partial charge in [-0.25, -0.2) is 9.78 Å². The molecule has 1 unspecified atom stereocenters. The van der Waals surface area contributed by atoms with E-state index < -0.39 is 5.60 Å². The summed E-state index contributed by atoms with van der Waals surface area (Å²) in [6, 6.07) is 8.24. The van der Waals surface area contributed by atoms with E-state index in [4.69, 9.17) is 4.74 Å². The number of aromatic nitrogens is 2. The average molecular weight is 401 g/mol. The molecule has 0 spiro atoms. The van der Waals surface area contributed by atoms with Gasteiger partial charge < -0.3 is 24.8 Å². The van der Waals surface area contributed by atoms with E-state index in [-0.39, 0.29) is 12.1 Å². The summed E-state index contributed by atoms with van der Waals surface area (Å²) in [5.74, 6) is 0.869. The molecule has 0 bridgehead atoms. The fraction of sp³-hybridized carbons (Fsp3) is 0.571. The molecular weight excluding hydrogens is 368 g/mol. The lowest BCUT2D eigenvalue weighted by Crippen LogP contribution is -2.44. The molecule has 2 N–H and O–H groups in total. The summed E-state index contributed by atoms with van der Waals surface area (Å²) >= 11 is 0. The number of benzene rings is 1. The first-order valence-corrected chi connectivity index (χ1v) is 10.2. The van der Waals surface area contributed by atoms with Gasteiger partial charge >= 0.3 is 6.09 Å². The van der Waals surface area contributed by atoms with Gasteiger partial charge in [-0.3, -0.25) is 4.99 Å². The van der Waals surface area contributed by atoms with Gasteiger partial charge in [-0.1, -0.05) is 12.1 Å². The maximum absolute atomic E-state index is 12.0. The maximum atomic E-state index is 12.0. The third-order valence-corrected chi connectivity index (χ3v) is 4.81. The van der Waals surface area contributed by atoms with Crippen LogP contribution >= 0.6 is 0 Å². The molecule has 0 saturated carbocycles. The number of nitrogens with one attached hydrogen (secondary N) is 2. The van der Waals surface area contributed by atoms with Crippen LogP contribution in [0.1, 0.15) is 33.6 Å². The van der Waals surface area contributed by atoms with Crippen molar-refractivity contribution in [2.75, 3.05) is 26.7 Å². The van der Waals surface area contributed by atoms with Gasteiger partial charge in [-0.15, -0.1) is 0 Å². The normalized spacial score (nSPS) is 17.6. The number of carbonyl (C=O) groups is 1. The minimum absolute atomic E-state index is 0.0701. The molecule has 29 heavy (non-hydrogen) atoms. The Labute approximate surface area is 172 Å². The molecule has 3 rings (SSSR count). The number of para-hydroxylation sites is 2. The Bertz CT molecular complexity index is 854. The summed E-state index contributed by atoms with van der Waals surface area (Å²) in [6.07, 6.45) is 3.38. The molecule has 2 heterocycles. The molecule has 1 amide bonds. The second-order valence-electron chi connectivity index (χ2n) is 8.33. The van der Waals surface area contributed by atoms with Crippen molar-refractivity contribution in [1.29, 1.82) is 0 Å². The standard InChI is InChI=1S/C21H32N6O2/c1-21(2,3)29-20(28)25-16-10-13-26(14-16)19(22-4)23-11-7-12-27-15-24-17-8-5-6-9-18(17)27/h5-6,8-9,15-16H,7,10-14H2,1-4H3,(H,22,23)(H,25,28). The van der Waals surface area contributed by atoms with Crippen LogP contribution in [0.15, 0.2) is 35.6 Å². The average Bonchev–Trinajstić information content (AvgIpc) is 3.27. The Balaban J connectivity index is 1.42. The lowest BCUT2D eigenvalue weighted by Gasteiger charge is -2.23. The molecule has 1 saturated heterocycles. The van der Waals surface area contributed by atoms with Crippen LogP contribution in [0.5, 0.6) is 0 Å². The van der Waals surface area contributed by atoms with Crippen LogP contribution in [0.3, 0.4) is 0 Å². The highest BCUT2D eigenvalue weighted by atomic mass is 16.6. The van der Waals surface area contributed by atoms with Crippen LogP contribution in [0.25, 0.3) is 11.0 Å². The highest BCUT2D eigenvalue weighted by Crippen LogP contribution is 2.13. The van der Waals surface area contributed by atoms with E-state index in [9.17, 15) is 4.79 Å². The number of rotatable bonds is 5. The molecule has 0 radical (unpaired) electrons. The van der Waals surface area contributed by atoms with Crippen LogP contribution in [0, 0.1) is 0 Å². The van der Waals surface area contributed by atoms with Crippen molar-refractivity contribution in [2.45, 2.75) is 51.8 Å². The van der Waals surface area contributed by atoms with Crippen molar-refractivity contribution in [3.63, 3.8) is 0 Å². The van der Waals surface area contributed by atoms with Crippen molar-refractivity contribution in [3.05, 3.63) is 30.6 Å². The summed E-state index contributed by atoms with van der Waals surface area (Å²) < 4.78 is 7.52. The first-order valence-electron chi connectivity index (χ1n) is 10.2. The number of likely N-dealkylation sites (tertiary alicyclic amines) is 1. The second-order valence-corrected chi connectivity index (χ2v) is 8.33. The lowest BCUT2D eigenvalue weighted by atomic mass is 10.2. The number of guanidine groups is 1. The molecule has 158 valence electrons. The van der Waals surface area contributed by atoms with E-state index >= 15 is 0 Å². The van der Waals surface area contributed by atoms with Gasteiger partial charge in [-0.05, 0) is 45.7 Å². The number of ether oxygens (including phenoxy) is 1. The minimum Gasteiger partial charge on any atom is -0.444 e. The molecule has 1 aromatic carbocycles. The van der Waals surface area contributed by atoms with E-state index in [0.717, 1.165) is 56.0 Å². The predicted octanol–water partition coefficient (Wildman–Crippen LogP) is 2.60. The third kappa shape index (κ3) is 5.85. The second kappa shape index (κ2) is 9.15. The van der Waals surface area contributed by atoms with Crippen molar-refractivity contribution in [3.8, 4) is 0 Å². The van der Waals surface area contributed by atoms with Gasteiger partial charge in [-0.2, -0.15) is 0 Å². The fourth-order valence-electron chi connectivity index (χ4n) is 3.52. The van der Waals surface area contributed by atoms with Crippen LogP contribution in [0.4, 0.5) is 4.79 Å². The Morgan fingerprint density at radius 3 is 2.90 bits per heavy atom. The number of imidazole rings is 1. The van der Waals surface area contributed by atoms with Crippen molar-refractivity contribution < 1.29 is 9.53 Å².